The van der Waals surface area contributed by atoms with Gasteiger partial charge in [-0.2, -0.15) is 5.10 Å². The molecule has 332 valence electrons. The maximum atomic E-state index is 13.2. The number of ether oxygens (including phenoxy) is 3. The van der Waals surface area contributed by atoms with Gasteiger partial charge in [0.1, 0.15) is 5.78 Å². The number of allylic oxidation sites excluding steroid dienone is 2. The number of aromatic hydroxyl groups is 1. The van der Waals surface area contributed by atoms with Crippen molar-refractivity contribution in [3.8, 4) is 17.2 Å². The Morgan fingerprint density at radius 3 is 2.45 bits per heavy atom. The van der Waals surface area contributed by atoms with Crippen LogP contribution in [0.2, 0.25) is 0 Å². The largest absolute Gasteiger partial charge is 0.502 e. The van der Waals surface area contributed by atoms with Crippen molar-refractivity contribution in [1.29, 1.82) is 0 Å². The molecule has 2 aromatic carbocycles. The van der Waals surface area contributed by atoms with Crippen molar-refractivity contribution in [3.05, 3.63) is 82.7 Å². The summed E-state index contributed by atoms with van der Waals surface area (Å²) in [5.74, 6) is 1.49. The Hall–Kier alpha value is -5.34. The highest BCUT2D eigenvalue weighted by Gasteiger charge is 2.65. The summed E-state index contributed by atoms with van der Waals surface area (Å²) in [6.45, 7) is 9.96. The topological polar surface area (TPSA) is 170 Å². The first kappa shape index (κ1) is 44.7. The summed E-state index contributed by atoms with van der Waals surface area (Å²) >= 11 is 0. The Morgan fingerprint density at radius 1 is 0.984 bits per heavy atom. The van der Waals surface area contributed by atoms with Crippen molar-refractivity contribution < 1.29 is 33.7 Å². The van der Waals surface area contributed by atoms with E-state index in [0.717, 1.165) is 74.8 Å². The van der Waals surface area contributed by atoms with Crippen molar-refractivity contribution in [2.45, 2.75) is 98.2 Å². The standard InChI is InChI=1S/C48H63N7O7/c1-7-48-21-16-35-28-36(17-19-46(35,2)41(48)18-20-47(3)40(48)13-14-42(47)56)50-52-45(59)34-11-8-32(9-12-34)29-54(4)30-37-31-55(53-51-37)23-25-62-24-22-49-43(57)15-10-33-26-38(60-5)44(58)39(27-33)61-6/h8-12,15,26-28,31,40-41,58H,7,13-14,16-25,29-30H2,1-6H3,(H,49,57)(H,52,59)/b15-10+,50-36?/t40?,41?,46-,47?,48?/m0/s1. The Balaban J connectivity index is 0.814. The van der Waals surface area contributed by atoms with Crippen LogP contribution in [0, 0.1) is 28.1 Å². The monoisotopic (exact) mass is 849 g/mol. The molecule has 14 heteroatoms. The zero-order chi connectivity index (χ0) is 44.1. The van der Waals surface area contributed by atoms with Gasteiger partial charge in [0, 0.05) is 49.3 Å². The van der Waals surface area contributed by atoms with Crippen molar-refractivity contribution in [2.75, 3.05) is 41.0 Å². The lowest BCUT2D eigenvalue weighted by atomic mass is 9.40. The number of hydrogen-bond acceptors (Lipinski definition) is 11. The van der Waals surface area contributed by atoms with Crippen LogP contribution in [0.15, 0.2) is 65.4 Å². The fourth-order valence-electron chi connectivity index (χ4n) is 11.3. The molecule has 3 fully saturated rings. The van der Waals surface area contributed by atoms with Gasteiger partial charge in [0.25, 0.3) is 5.91 Å². The van der Waals surface area contributed by atoms with E-state index >= 15 is 0 Å². The fraction of sp³-hybridized carbons (Fsp3) is 0.542. The van der Waals surface area contributed by atoms with Gasteiger partial charge in [0.15, 0.2) is 11.5 Å². The van der Waals surface area contributed by atoms with Gasteiger partial charge in [-0.3, -0.25) is 19.3 Å². The molecule has 7 rings (SSSR count). The molecule has 0 bridgehead atoms. The summed E-state index contributed by atoms with van der Waals surface area (Å²) in [6, 6.07) is 10.8. The van der Waals surface area contributed by atoms with Crippen molar-refractivity contribution in [1.82, 2.24) is 30.6 Å². The van der Waals surface area contributed by atoms with Crippen LogP contribution in [-0.4, -0.2) is 89.3 Å². The number of carbonyl (C=O) groups excluding carboxylic acids is 3. The number of benzene rings is 2. The molecule has 0 saturated heterocycles. The lowest BCUT2D eigenvalue weighted by Crippen LogP contribution is -2.57. The Bertz CT molecular complexity index is 2190. The number of methoxy groups -OCH3 is 2. The summed E-state index contributed by atoms with van der Waals surface area (Å²) < 4.78 is 17.7. The number of rotatable bonds is 17. The molecule has 1 heterocycles. The minimum Gasteiger partial charge on any atom is -0.502 e. The molecule has 4 aliphatic carbocycles. The number of hydrazone groups is 1. The second-order valence-corrected chi connectivity index (χ2v) is 18.1. The van der Waals surface area contributed by atoms with Crippen LogP contribution < -0.4 is 20.2 Å². The Kier molecular flexibility index (Phi) is 13.7. The van der Waals surface area contributed by atoms with Crippen molar-refractivity contribution in [3.63, 3.8) is 0 Å². The van der Waals surface area contributed by atoms with Crippen LogP contribution in [0.4, 0.5) is 0 Å². The van der Waals surface area contributed by atoms with Crippen LogP contribution in [0.3, 0.4) is 0 Å². The number of carbonyl (C=O) groups is 3. The van der Waals surface area contributed by atoms with E-state index in [2.05, 4.69) is 57.9 Å². The zero-order valence-electron chi connectivity index (χ0n) is 37.2. The lowest BCUT2D eigenvalue weighted by Gasteiger charge is -2.64. The Morgan fingerprint density at radius 2 is 1.73 bits per heavy atom. The van der Waals surface area contributed by atoms with Crippen molar-refractivity contribution in [2.24, 2.45) is 33.2 Å². The van der Waals surface area contributed by atoms with Crippen LogP contribution in [-0.2, 0) is 34.0 Å². The van der Waals surface area contributed by atoms with Gasteiger partial charge >= 0.3 is 0 Å². The molecule has 3 saturated carbocycles. The highest BCUT2D eigenvalue weighted by Crippen LogP contribution is 2.71. The van der Waals surface area contributed by atoms with Gasteiger partial charge in [-0.05, 0) is 129 Å². The van der Waals surface area contributed by atoms with Crippen LogP contribution in [0.5, 0.6) is 17.2 Å². The lowest BCUT2D eigenvalue weighted by molar-refractivity contribution is -0.145. The number of amides is 2. The van der Waals surface area contributed by atoms with Gasteiger partial charge in [0.2, 0.25) is 11.7 Å². The predicted octanol–water partition coefficient (Wildman–Crippen LogP) is 6.88. The molecule has 1 aromatic heterocycles. The number of phenols is 1. The average molecular weight is 850 g/mol. The van der Waals surface area contributed by atoms with E-state index in [9.17, 15) is 19.5 Å². The molecule has 14 nitrogen and oxygen atoms in total. The minimum absolute atomic E-state index is 0.100. The number of nitrogens with zero attached hydrogens (tertiary/aromatic N) is 5. The van der Waals surface area contributed by atoms with Crippen LogP contribution in [0.1, 0.15) is 106 Å². The second-order valence-electron chi connectivity index (χ2n) is 18.1. The van der Waals surface area contributed by atoms with E-state index in [4.69, 9.17) is 14.2 Å². The normalized spacial score (nSPS) is 26.2. The first-order valence-corrected chi connectivity index (χ1v) is 22.1. The third-order valence-corrected chi connectivity index (χ3v) is 14.6. The molecule has 2 amide bonds. The summed E-state index contributed by atoms with van der Waals surface area (Å²) in [6.07, 6.45) is 16.3. The van der Waals surface area contributed by atoms with Gasteiger partial charge < -0.3 is 24.6 Å². The second kappa shape index (κ2) is 19.0. The first-order valence-electron chi connectivity index (χ1n) is 22.1. The molecule has 3 N–H and O–H groups in total. The zero-order valence-corrected chi connectivity index (χ0v) is 37.2. The van der Waals surface area contributed by atoms with Gasteiger partial charge in [-0.1, -0.05) is 43.7 Å². The summed E-state index contributed by atoms with van der Waals surface area (Å²) in [5.41, 5.74) is 8.57. The molecule has 62 heavy (non-hydrogen) atoms. The van der Waals surface area contributed by atoms with Crippen LogP contribution >= 0.6 is 0 Å². The molecular formula is C48H63N7O7. The molecule has 3 aromatic rings. The quantitative estimate of drug-likeness (QED) is 0.0740. The number of Topliss-reactive ketones (excluding diaryl/α,β-unsaturated/α-hetero) is 1. The number of hydrogen-bond donors (Lipinski definition) is 3. The van der Waals surface area contributed by atoms with E-state index in [1.165, 1.54) is 25.9 Å². The molecule has 0 aliphatic heterocycles. The summed E-state index contributed by atoms with van der Waals surface area (Å²) in [7, 11) is 4.90. The summed E-state index contributed by atoms with van der Waals surface area (Å²) in [5, 5.41) is 26.0. The average Bonchev–Trinajstić information content (AvgIpc) is 3.85. The Labute approximate surface area is 365 Å². The van der Waals surface area contributed by atoms with Gasteiger partial charge in [0.05, 0.1) is 45.4 Å². The number of phenolic OH excluding ortho intramolecular Hbond substituents is 1. The van der Waals surface area contributed by atoms with E-state index in [1.807, 2.05) is 37.5 Å². The third kappa shape index (κ3) is 9.22. The third-order valence-electron chi connectivity index (χ3n) is 14.6. The summed E-state index contributed by atoms with van der Waals surface area (Å²) in [4.78, 5) is 40.6. The number of nitrogens with one attached hydrogen (secondary N) is 2. The molecule has 4 aliphatic rings. The predicted molar refractivity (Wildman–Crippen MR) is 237 cm³/mol. The number of aromatic nitrogens is 3. The van der Waals surface area contributed by atoms with E-state index < -0.39 is 0 Å². The SMILES string of the molecule is CCC12CCC3=CC(=NNC(=O)c4ccc(CN(C)Cc5cn(CCOCCNC(=O)/C=C/c6cc(OC)c(O)c(OC)c6)nn5)cc4)CC[C@]3(C)C1CCC1(C)C(=O)CCC12. The molecule has 0 radical (unpaired) electrons. The highest BCUT2D eigenvalue weighted by molar-refractivity contribution is 5.99. The first-order chi connectivity index (χ1) is 29.8. The molecule has 5 atom stereocenters. The van der Waals surface area contributed by atoms with Gasteiger partial charge in [-0.15, -0.1) is 5.10 Å². The van der Waals surface area contributed by atoms with Gasteiger partial charge in [-0.25, -0.2) is 10.1 Å². The van der Waals surface area contributed by atoms with E-state index in [-0.39, 0.29) is 45.3 Å². The number of ketones is 1. The van der Waals surface area contributed by atoms with Crippen molar-refractivity contribution >= 4 is 29.4 Å². The molecule has 4 unspecified atom stereocenters. The highest BCUT2D eigenvalue weighted by atomic mass is 16.5. The maximum absolute atomic E-state index is 13.2. The maximum Gasteiger partial charge on any atom is 0.271 e. The molecule has 0 spiro atoms. The van der Waals surface area contributed by atoms with E-state index in [1.54, 1.807) is 22.9 Å². The minimum atomic E-state index is -0.281. The fourth-order valence-corrected chi connectivity index (χ4v) is 11.3. The number of fused-ring (bicyclic) bond motifs is 5. The van der Waals surface area contributed by atoms with Crippen LogP contribution in [0.25, 0.3) is 6.08 Å². The van der Waals surface area contributed by atoms with E-state index in [0.29, 0.717) is 68.1 Å². The molecular weight excluding hydrogens is 787 g/mol. The smallest absolute Gasteiger partial charge is 0.271 e.